The molecule has 1 fully saturated rings. The number of hydrogen-bond acceptors (Lipinski definition) is 3. The predicted molar refractivity (Wildman–Crippen MR) is 143 cm³/mol. The van der Waals surface area contributed by atoms with E-state index in [4.69, 9.17) is 0 Å². The third-order valence-electron chi connectivity index (χ3n) is 7.97. The molecule has 194 valence electrons. The van der Waals surface area contributed by atoms with Gasteiger partial charge in [-0.05, 0) is 62.5 Å². The highest BCUT2D eigenvalue weighted by Crippen LogP contribution is 2.43. The second-order valence-corrected chi connectivity index (χ2v) is 10.5. The van der Waals surface area contributed by atoms with Gasteiger partial charge in [-0.25, -0.2) is 0 Å². The van der Waals surface area contributed by atoms with E-state index in [1.54, 1.807) is 0 Å². The summed E-state index contributed by atoms with van der Waals surface area (Å²) in [6.45, 7) is 3.55. The molecule has 0 heterocycles. The van der Waals surface area contributed by atoms with Crippen molar-refractivity contribution in [2.24, 2.45) is 11.3 Å². The minimum atomic E-state index is -0.662. The molecule has 1 aliphatic carbocycles. The normalized spacial score (nSPS) is 16.4. The quantitative estimate of drug-likeness (QED) is 0.315. The first-order valence-electron chi connectivity index (χ1n) is 13.5. The van der Waals surface area contributed by atoms with Crippen LogP contribution in [0.5, 0.6) is 0 Å². The Bertz CT molecular complexity index is 943. The molecule has 2 aromatic rings. The Balaban J connectivity index is 1.62. The third kappa shape index (κ3) is 7.52. The number of carboxylic acid groups (broad SMARTS) is 1. The summed E-state index contributed by atoms with van der Waals surface area (Å²) >= 11 is 0. The van der Waals surface area contributed by atoms with Gasteiger partial charge in [0.25, 0.3) is 0 Å². The van der Waals surface area contributed by atoms with Crippen molar-refractivity contribution < 1.29 is 19.5 Å². The average Bonchev–Trinajstić information content (AvgIpc) is 3.34. The number of hydrogen-bond donors (Lipinski definition) is 2. The second kappa shape index (κ2) is 13.4. The van der Waals surface area contributed by atoms with Crippen molar-refractivity contribution in [3.05, 3.63) is 71.8 Å². The van der Waals surface area contributed by atoms with Crippen LogP contribution >= 0.6 is 0 Å². The minimum Gasteiger partial charge on any atom is -0.481 e. The molecule has 5 nitrogen and oxygen atoms in total. The molecule has 0 saturated heterocycles. The van der Waals surface area contributed by atoms with Gasteiger partial charge in [-0.15, -0.1) is 0 Å². The van der Waals surface area contributed by atoms with E-state index in [0.717, 1.165) is 62.5 Å². The molecule has 0 aliphatic heterocycles. The van der Waals surface area contributed by atoms with Crippen molar-refractivity contribution in [3.63, 3.8) is 0 Å². The lowest BCUT2D eigenvalue weighted by molar-refractivity contribution is -0.149. The summed E-state index contributed by atoms with van der Waals surface area (Å²) in [4.78, 5) is 37.1. The number of carbonyl (C=O) groups excluding carboxylic acids is 2. The largest absolute Gasteiger partial charge is 0.481 e. The summed E-state index contributed by atoms with van der Waals surface area (Å²) in [6, 6.07) is 19.8. The van der Waals surface area contributed by atoms with E-state index >= 15 is 0 Å². The first-order valence-corrected chi connectivity index (χ1v) is 13.5. The molecule has 1 aliphatic rings. The van der Waals surface area contributed by atoms with Crippen LogP contribution in [0.25, 0.3) is 0 Å². The molecule has 0 spiro atoms. The lowest BCUT2D eigenvalue weighted by atomic mass is 9.79. The smallest absolute Gasteiger partial charge is 0.309 e. The minimum absolute atomic E-state index is 0.0130. The Morgan fingerprint density at radius 1 is 0.889 bits per heavy atom. The van der Waals surface area contributed by atoms with Crippen LogP contribution < -0.4 is 5.32 Å². The highest BCUT2D eigenvalue weighted by molar-refractivity contribution is 5.89. The molecule has 2 unspecified atom stereocenters. The molecule has 3 rings (SSSR count). The van der Waals surface area contributed by atoms with Crippen molar-refractivity contribution in [3.8, 4) is 0 Å². The maximum atomic E-state index is 13.4. The second-order valence-electron chi connectivity index (χ2n) is 10.5. The van der Waals surface area contributed by atoms with E-state index in [9.17, 15) is 19.5 Å². The van der Waals surface area contributed by atoms with Gasteiger partial charge in [-0.1, -0.05) is 79.9 Å². The number of amides is 1. The van der Waals surface area contributed by atoms with Gasteiger partial charge >= 0.3 is 5.97 Å². The van der Waals surface area contributed by atoms with Crippen LogP contribution in [-0.2, 0) is 14.4 Å². The highest BCUT2D eigenvalue weighted by atomic mass is 16.4. The Kier molecular flexibility index (Phi) is 10.3. The molecule has 2 aromatic carbocycles. The summed E-state index contributed by atoms with van der Waals surface area (Å²) < 4.78 is 0. The molecule has 1 amide bonds. The lowest BCUT2D eigenvalue weighted by Gasteiger charge is -2.28. The predicted octanol–water partition coefficient (Wildman–Crippen LogP) is 6.51. The first-order chi connectivity index (χ1) is 17.3. The van der Waals surface area contributed by atoms with Gasteiger partial charge in [-0.3, -0.25) is 14.4 Å². The fraction of sp³-hybridized carbons (Fsp3) is 0.516. The number of rotatable bonds is 14. The summed E-state index contributed by atoms with van der Waals surface area (Å²) in [5, 5.41) is 12.8. The monoisotopic (exact) mass is 491 g/mol. The Morgan fingerprint density at radius 2 is 1.42 bits per heavy atom. The number of carbonyl (C=O) groups is 3. The van der Waals surface area contributed by atoms with Crippen LogP contribution in [0.4, 0.5) is 0 Å². The number of carboxylic acids is 1. The number of nitrogens with one attached hydrogen (secondary N) is 1. The van der Waals surface area contributed by atoms with Crippen molar-refractivity contribution >= 4 is 17.7 Å². The van der Waals surface area contributed by atoms with E-state index in [0.29, 0.717) is 12.8 Å². The van der Waals surface area contributed by atoms with Crippen LogP contribution in [0.3, 0.4) is 0 Å². The van der Waals surface area contributed by atoms with E-state index < -0.39 is 11.4 Å². The van der Waals surface area contributed by atoms with Gasteiger partial charge in [0.05, 0.1) is 11.3 Å². The standard InChI is InChI=1S/C31H41NO4/c1-23(32-24(2)33)25(18-12-22-31(30(35)36)20-9-10-21-31)17-11-19-28(34)29(26-13-5-3-6-14-26)27-15-7-4-8-16-27/h3-8,13-16,23,25,29H,9-12,17-22H2,1-2H3,(H,32,33)(H,35,36). The number of ketones is 1. The van der Waals surface area contributed by atoms with Crippen LogP contribution in [0.1, 0.15) is 95.1 Å². The average molecular weight is 492 g/mol. The fourth-order valence-corrected chi connectivity index (χ4v) is 5.95. The molecule has 36 heavy (non-hydrogen) atoms. The summed E-state index contributed by atoms with van der Waals surface area (Å²) in [7, 11) is 0. The number of aliphatic carboxylic acids is 1. The summed E-state index contributed by atoms with van der Waals surface area (Å²) in [6.07, 6.45) is 7.92. The zero-order chi connectivity index (χ0) is 26.0. The van der Waals surface area contributed by atoms with Gasteiger partial charge in [-0.2, -0.15) is 0 Å². The van der Waals surface area contributed by atoms with Crippen LogP contribution in [0.15, 0.2) is 60.7 Å². The zero-order valence-electron chi connectivity index (χ0n) is 21.7. The molecule has 0 aromatic heterocycles. The molecule has 0 bridgehead atoms. The SMILES string of the molecule is CC(=O)NC(C)C(CCCC(=O)C(c1ccccc1)c1ccccc1)CCCC1(C(=O)O)CCCC1. The molecule has 1 saturated carbocycles. The number of benzene rings is 2. The van der Waals surface area contributed by atoms with Gasteiger partial charge in [0.2, 0.25) is 5.91 Å². The van der Waals surface area contributed by atoms with Crippen LogP contribution in [-0.4, -0.2) is 28.8 Å². The molecule has 2 atom stereocenters. The molecule has 5 heteroatoms. The molecular weight excluding hydrogens is 450 g/mol. The molecule has 0 radical (unpaired) electrons. The summed E-state index contributed by atoms with van der Waals surface area (Å²) in [5.41, 5.74) is 1.44. The van der Waals surface area contributed by atoms with E-state index in [-0.39, 0.29) is 29.6 Å². The Labute approximate surface area is 215 Å². The van der Waals surface area contributed by atoms with Gasteiger partial charge in [0.15, 0.2) is 0 Å². The van der Waals surface area contributed by atoms with Gasteiger partial charge in [0.1, 0.15) is 5.78 Å². The van der Waals surface area contributed by atoms with E-state index in [1.807, 2.05) is 67.6 Å². The molecular formula is C31H41NO4. The maximum Gasteiger partial charge on any atom is 0.309 e. The zero-order valence-corrected chi connectivity index (χ0v) is 21.7. The molecule has 2 N–H and O–H groups in total. The third-order valence-corrected chi connectivity index (χ3v) is 7.97. The summed E-state index contributed by atoms with van der Waals surface area (Å²) in [5.74, 6) is -0.592. The van der Waals surface area contributed by atoms with Crippen molar-refractivity contribution in [1.29, 1.82) is 0 Å². The first kappa shape index (κ1) is 27.6. The highest BCUT2D eigenvalue weighted by Gasteiger charge is 2.40. The van der Waals surface area contributed by atoms with Crippen LogP contribution in [0, 0.1) is 11.3 Å². The van der Waals surface area contributed by atoms with Crippen molar-refractivity contribution in [2.75, 3.05) is 0 Å². The van der Waals surface area contributed by atoms with Crippen molar-refractivity contribution in [1.82, 2.24) is 5.32 Å². The topological polar surface area (TPSA) is 83.5 Å². The Hall–Kier alpha value is -2.95. The van der Waals surface area contributed by atoms with Crippen molar-refractivity contribution in [2.45, 2.75) is 90.0 Å². The van der Waals surface area contributed by atoms with Gasteiger partial charge in [0, 0.05) is 19.4 Å². The Morgan fingerprint density at radius 3 is 1.92 bits per heavy atom. The maximum absolute atomic E-state index is 13.4. The van der Waals surface area contributed by atoms with Crippen LogP contribution in [0.2, 0.25) is 0 Å². The van der Waals surface area contributed by atoms with E-state index in [1.165, 1.54) is 6.92 Å². The fourth-order valence-electron chi connectivity index (χ4n) is 5.95. The lowest BCUT2D eigenvalue weighted by Crippen LogP contribution is -2.37. The van der Waals surface area contributed by atoms with E-state index in [2.05, 4.69) is 5.32 Å². The number of Topliss-reactive ketones (excluding diaryl/α,β-unsaturated/α-hetero) is 1. The van der Waals surface area contributed by atoms with Gasteiger partial charge < -0.3 is 10.4 Å².